The molecule has 0 aliphatic rings. The Hall–Kier alpha value is -1.36. The van der Waals surface area contributed by atoms with E-state index in [1.807, 2.05) is 24.3 Å². The molecule has 0 fully saturated rings. The zero-order valence-electron chi connectivity index (χ0n) is 9.98. The Morgan fingerprint density at radius 2 is 1.60 bits per heavy atom. The van der Waals surface area contributed by atoms with Gasteiger partial charge in [-0.1, -0.05) is 39.1 Å². The molecular weight excluding hydrogens is 363 g/mol. The van der Waals surface area contributed by atoms with Crippen molar-refractivity contribution in [2.75, 3.05) is 0 Å². The summed E-state index contributed by atoms with van der Waals surface area (Å²) >= 11 is 15.4. The van der Waals surface area contributed by atoms with Crippen molar-refractivity contribution < 1.29 is 4.42 Å². The molecule has 0 saturated heterocycles. The van der Waals surface area contributed by atoms with Crippen LogP contribution in [0.4, 0.5) is 0 Å². The fraction of sp³-hybridized carbons (Fsp3) is 0. The molecule has 0 aliphatic carbocycles. The largest absolute Gasteiger partial charge is 0.416 e. The fourth-order valence-corrected chi connectivity index (χ4v) is 2.34. The number of hydrogen-bond donors (Lipinski definition) is 0. The van der Waals surface area contributed by atoms with Crippen molar-refractivity contribution >= 4 is 39.1 Å². The minimum absolute atomic E-state index is 0.343. The van der Waals surface area contributed by atoms with Crippen molar-refractivity contribution in [3.63, 3.8) is 0 Å². The maximum atomic E-state index is 6.11. The molecule has 100 valence electrons. The van der Waals surface area contributed by atoms with Crippen molar-refractivity contribution in [2.45, 2.75) is 0 Å². The number of nitrogens with zero attached hydrogens (tertiary/aromatic N) is 2. The van der Waals surface area contributed by atoms with Gasteiger partial charge in [0.15, 0.2) is 0 Å². The van der Waals surface area contributed by atoms with E-state index >= 15 is 0 Å². The molecule has 20 heavy (non-hydrogen) atoms. The number of aromatic nitrogens is 2. The maximum absolute atomic E-state index is 6.11. The van der Waals surface area contributed by atoms with Gasteiger partial charge in [0.2, 0.25) is 11.8 Å². The van der Waals surface area contributed by atoms with Gasteiger partial charge in [0.05, 0.1) is 10.6 Å². The smallest absolute Gasteiger partial charge is 0.249 e. The lowest BCUT2D eigenvalue weighted by Gasteiger charge is -1.99. The molecule has 0 N–H and O–H groups in total. The third-order valence-corrected chi connectivity index (χ3v) is 3.77. The van der Waals surface area contributed by atoms with Crippen LogP contribution in [0.5, 0.6) is 0 Å². The average molecular weight is 370 g/mol. The lowest BCUT2D eigenvalue weighted by molar-refractivity contribution is 0.584. The maximum Gasteiger partial charge on any atom is 0.249 e. The van der Waals surface area contributed by atoms with Gasteiger partial charge in [-0.05, 0) is 42.5 Å². The van der Waals surface area contributed by atoms with E-state index < -0.39 is 0 Å². The standard InChI is InChI=1S/C14H7BrCl2N2O/c15-9-3-1-8(2-4-9)13-18-19-14(20-13)11-7-10(16)5-6-12(11)17/h1-7H. The van der Waals surface area contributed by atoms with E-state index in [-0.39, 0.29) is 0 Å². The Labute approximate surface area is 133 Å². The molecular formula is C14H7BrCl2N2O. The van der Waals surface area contributed by atoms with Gasteiger partial charge in [-0.2, -0.15) is 0 Å². The second kappa shape index (κ2) is 5.56. The summed E-state index contributed by atoms with van der Waals surface area (Å²) in [6, 6.07) is 12.7. The van der Waals surface area contributed by atoms with Crippen molar-refractivity contribution in [1.29, 1.82) is 0 Å². The van der Waals surface area contributed by atoms with Gasteiger partial charge in [0.25, 0.3) is 0 Å². The molecule has 0 bridgehead atoms. The zero-order chi connectivity index (χ0) is 14.1. The first-order valence-corrected chi connectivity index (χ1v) is 7.23. The summed E-state index contributed by atoms with van der Waals surface area (Å²) in [5.74, 6) is 0.777. The lowest BCUT2D eigenvalue weighted by atomic mass is 10.2. The summed E-state index contributed by atoms with van der Waals surface area (Å²) in [7, 11) is 0. The first kappa shape index (κ1) is 13.6. The van der Waals surface area contributed by atoms with Crippen molar-refractivity contribution in [1.82, 2.24) is 10.2 Å². The highest BCUT2D eigenvalue weighted by Crippen LogP contribution is 2.31. The molecule has 3 aromatic rings. The van der Waals surface area contributed by atoms with E-state index in [2.05, 4.69) is 26.1 Å². The highest BCUT2D eigenvalue weighted by molar-refractivity contribution is 9.10. The highest BCUT2D eigenvalue weighted by atomic mass is 79.9. The summed E-state index contributed by atoms with van der Waals surface area (Å²) in [5.41, 5.74) is 1.46. The summed E-state index contributed by atoms with van der Waals surface area (Å²) in [6.07, 6.45) is 0. The number of hydrogen-bond acceptors (Lipinski definition) is 3. The molecule has 0 atom stereocenters. The molecule has 6 heteroatoms. The van der Waals surface area contributed by atoms with Crippen molar-refractivity contribution in [3.8, 4) is 22.9 Å². The number of halogens is 3. The number of benzene rings is 2. The highest BCUT2D eigenvalue weighted by Gasteiger charge is 2.13. The minimum atomic E-state index is 0.343. The van der Waals surface area contributed by atoms with Crippen LogP contribution in [0, 0.1) is 0 Å². The molecule has 3 nitrogen and oxygen atoms in total. The van der Waals surface area contributed by atoms with E-state index in [0.29, 0.717) is 27.4 Å². The topological polar surface area (TPSA) is 38.9 Å². The first-order chi connectivity index (χ1) is 9.63. The van der Waals surface area contributed by atoms with Crippen LogP contribution in [-0.4, -0.2) is 10.2 Å². The number of rotatable bonds is 2. The molecule has 0 spiro atoms. The summed E-state index contributed by atoms with van der Waals surface area (Å²) < 4.78 is 6.64. The molecule has 0 unspecified atom stereocenters. The van der Waals surface area contributed by atoms with E-state index in [4.69, 9.17) is 27.6 Å². The van der Waals surface area contributed by atoms with Crippen LogP contribution in [0.2, 0.25) is 10.0 Å². The monoisotopic (exact) mass is 368 g/mol. The minimum Gasteiger partial charge on any atom is -0.416 e. The SMILES string of the molecule is Clc1ccc(Cl)c(-c2nnc(-c3ccc(Br)cc3)o2)c1. The molecule has 0 aliphatic heterocycles. The van der Waals surface area contributed by atoms with Gasteiger partial charge in [-0.25, -0.2) is 0 Å². The predicted octanol–water partition coefficient (Wildman–Crippen LogP) is 5.47. The zero-order valence-corrected chi connectivity index (χ0v) is 13.1. The van der Waals surface area contributed by atoms with Crippen LogP contribution < -0.4 is 0 Å². The summed E-state index contributed by atoms with van der Waals surface area (Å²) in [4.78, 5) is 0. The molecule has 0 amide bonds. The molecule has 1 heterocycles. The van der Waals surface area contributed by atoms with E-state index in [1.165, 1.54) is 0 Å². The van der Waals surface area contributed by atoms with E-state index in [9.17, 15) is 0 Å². The van der Waals surface area contributed by atoms with Gasteiger partial charge >= 0.3 is 0 Å². The van der Waals surface area contributed by atoms with Gasteiger partial charge in [-0.15, -0.1) is 10.2 Å². The molecule has 0 radical (unpaired) electrons. The van der Waals surface area contributed by atoms with E-state index in [0.717, 1.165) is 10.0 Å². The summed E-state index contributed by atoms with van der Waals surface area (Å²) in [5, 5.41) is 9.12. The van der Waals surface area contributed by atoms with Gasteiger partial charge in [0, 0.05) is 15.1 Å². The Kier molecular flexibility index (Phi) is 3.78. The van der Waals surface area contributed by atoms with E-state index in [1.54, 1.807) is 18.2 Å². The third-order valence-electron chi connectivity index (χ3n) is 2.67. The van der Waals surface area contributed by atoms with Crippen LogP contribution in [0.3, 0.4) is 0 Å². The van der Waals surface area contributed by atoms with Crippen LogP contribution in [0.25, 0.3) is 22.9 Å². The molecule has 1 aromatic heterocycles. The van der Waals surface area contributed by atoms with Crippen LogP contribution in [0.15, 0.2) is 51.4 Å². The third kappa shape index (κ3) is 2.73. The normalized spacial score (nSPS) is 10.8. The van der Waals surface area contributed by atoms with Crippen molar-refractivity contribution in [2.24, 2.45) is 0 Å². The molecule has 0 saturated carbocycles. The predicted molar refractivity (Wildman–Crippen MR) is 82.9 cm³/mol. The first-order valence-electron chi connectivity index (χ1n) is 5.68. The Morgan fingerprint density at radius 3 is 2.35 bits per heavy atom. The second-order valence-electron chi connectivity index (χ2n) is 4.04. The lowest BCUT2D eigenvalue weighted by Crippen LogP contribution is -1.79. The van der Waals surface area contributed by atoms with Crippen LogP contribution in [-0.2, 0) is 0 Å². The average Bonchev–Trinajstić information content (AvgIpc) is 2.92. The van der Waals surface area contributed by atoms with Gasteiger partial charge in [0.1, 0.15) is 0 Å². The quantitative estimate of drug-likeness (QED) is 0.600. The Bertz CT molecular complexity index is 756. The Balaban J connectivity index is 2.01. The van der Waals surface area contributed by atoms with Gasteiger partial charge < -0.3 is 4.42 Å². The second-order valence-corrected chi connectivity index (χ2v) is 5.80. The van der Waals surface area contributed by atoms with Crippen LogP contribution >= 0.6 is 39.1 Å². The van der Waals surface area contributed by atoms with Crippen molar-refractivity contribution in [3.05, 3.63) is 57.0 Å². The Morgan fingerprint density at radius 1 is 0.900 bits per heavy atom. The fourth-order valence-electron chi connectivity index (χ4n) is 1.70. The van der Waals surface area contributed by atoms with Crippen LogP contribution in [0.1, 0.15) is 0 Å². The van der Waals surface area contributed by atoms with Gasteiger partial charge in [-0.3, -0.25) is 0 Å². The molecule has 3 rings (SSSR count). The summed E-state index contributed by atoms with van der Waals surface area (Å²) in [6.45, 7) is 0. The molecule has 2 aromatic carbocycles.